The number of hydrogen-bond acceptors (Lipinski definition) is 2. The van der Waals surface area contributed by atoms with Crippen molar-refractivity contribution in [3.63, 3.8) is 0 Å². The summed E-state index contributed by atoms with van der Waals surface area (Å²) in [5.74, 6) is 0. The summed E-state index contributed by atoms with van der Waals surface area (Å²) in [5, 5.41) is 1.98. The van der Waals surface area contributed by atoms with E-state index in [0.717, 1.165) is 4.61 Å². The predicted octanol–water partition coefficient (Wildman–Crippen LogP) is 2.57. The van der Waals surface area contributed by atoms with E-state index in [2.05, 4.69) is 20.7 Å². The molecular formula is C4H5Br2NS. The quantitative estimate of drug-likeness (QED) is 0.530. The van der Waals surface area contributed by atoms with E-state index in [0.29, 0.717) is 0 Å². The molecule has 46 valence electrons. The van der Waals surface area contributed by atoms with Crippen molar-refractivity contribution in [2.45, 2.75) is 0 Å². The van der Waals surface area contributed by atoms with Crippen molar-refractivity contribution in [2.75, 3.05) is 0 Å². The van der Waals surface area contributed by atoms with Crippen LogP contribution in [0.4, 0.5) is 0 Å². The molecule has 0 aromatic heterocycles. The highest BCUT2D eigenvalue weighted by molar-refractivity contribution is 9.11. The molecule has 0 atom stereocenters. The molecule has 0 aromatic carbocycles. The topological polar surface area (TPSA) is 12.0 Å². The molecule has 0 aromatic rings. The summed E-state index contributed by atoms with van der Waals surface area (Å²) >= 11 is 4.82. The number of nitrogens with one attached hydrogen (secondary N) is 1. The zero-order valence-corrected chi connectivity index (χ0v) is 8.04. The van der Waals surface area contributed by atoms with E-state index >= 15 is 0 Å². The van der Waals surface area contributed by atoms with E-state index in [1.807, 2.05) is 17.6 Å². The highest BCUT2D eigenvalue weighted by Gasteiger charge is 1.88. The summed E-state index contributed by atoms with van der Waals surface area (Å²) in [6.07, 6.45) is 3.93. The van der Waals surface area contributed by atoms with Gasteiger partial charge >= 0.3 is 0 Å². The second kappa shape index (κ2) is 4.47. The molecule has 1 aliphatic rings. The summed E-state index contributed by atoms with van der Waals surface area (Å²) in [4.78, 5) is 0. The Morgan fingerprint density at radius 1 is 1.62 bits per heavy atom. The van der Waals surface area contributed by atoms with Crippen molar-refractivity contribution in [2.24, 2.45) is 0 Å². The molecule has 1 N–H and O–H groups in total. The van der Waals surface area contributed by atoms with Crippen LogP contribution < -0.4 is 4.72 Å². The van der Waals surface area contributed by atoms with Gasteiger partial charge in [0.2, 0.25) is 0 Å². The average Bonchev–Trinajstić information content (AvgIpc) is 1.69. The van der Waals surface area contributed by atoms with E-state index in [4.69, 9.17) is 0 Å². The maximum Gasteiger partial charge on any atom is 0.0881 e. The Kier molecular flexibility index (Phi) is 4.80. The monoisotopic (exact) mass is 257 g/mol. The first kappa shape index (κ1) is 8.59. The largest absolute Gasteiger partial charge is 0.320 e. The van der Waals surface area contributed by atoms with Crippen LogP contribution >= 0.6 is 44.9 Å². The van der Waals surface area contributed by atoms with Crippen LogP contribution in [0, 0.1) is 0 Å². The minimum atomic E-state index is 0. The van der Waals surface area contributed by atoms with E-state index in [1.165, 1.54) is 0 Å². The van der Waals surface area contributed by atoms with Gasteiger partial charge in [-0.2, -0.15) is 0 Å². The van der Waals surface area contributed by atoms with Gasteiger partial charge in [0.1, 0.15) is 0 Å². The first-order chi connectivity index (χ1) is 3.39. The van der Waals surface area contributed by atoms with Crippen LogP contribution in [-0.4, -0.2) is 0 Å². The van der Waals surface area contributed by atoms with Gasteiger partial charge in [0, 0.05) is 0 Å². The van der Waals surface area contributed by atoms with Crippen LogP contribution in [0.25, 0.3) is 0 Å². The fourth-order valence-electron chi connectivity index (χ4n) is 0.287. The minimum absolute atomic E-state index is 0. The molecule has 0 spiro atoms. The van der Waals surface area contributed by atoms with Crippen molar-refractivity contribution in [1.29, 1.82) is 0 Å². The molecule has 0 aliphatic carbocycles. The molecule has 0 saturated carbocycles. The van der Waals surface area contributed by atoms with Gasteiger partial charge in [-0.25, -0.2) is 0 Å². The Balaban J connectivity index is 0.000000490. The highest BCUT2D eigenvalue weighted by atomic mass is 79.9. The maximum absolute atomic E-state index is 3.27. The van der Waals surface area contributed by atoms with E-state index in [9.17, 15) is 0 Å². The normalized spacial score (nSPS) is 15.9. The Bertz CT molecular complexity index is 121. The van der Waals surface area contributed by atoms with Gasteiger partial charge < -0.3 is 4.72 Å². The van der Waals surface area contributed by atoms with Crippen LogP contribution in [-0.2, 0) is 0 Å². The van der Waals surface area contributed by atoms with Gasteiger partial charge in [0.15, 0.2) is 0 Å². The molecule has 0 amide bonds. The average molecular weight is 259 g/mol. The molecule has 1 aliphatic heterocycles. The van der Waals surface area contributed by atoms with E-state index in [1.54, 1.807) is 11.9 Å². The lowest BCUT2D eigenvalue weighted by Crippen LogP contribution is -1.95. The second-order valence-electron chi connectivity index (χ2n) is 1.06. The third kappa shape index (κ3) is 2.79. The summed E-state index contributed by atoms with van der Waals surface area (Å²) in [6.45, 7) is 0. The van der Waals surface area contributed by atoms with Gasteiger partial charge in [-0.1, -0.05) is 6.08 Å². The van der Waals surface area contributed by atoms with Crippen LogP contribution in [0.1, 0.15) is 0 Å². The third-order valence-corrected chi connectivity index (χ3v) is 1.90. The first-order valence-corrected chi connectivity index (χ1v) is 3.51. The lowest BCUT2D eigenvalue weighted by atomic mass is 10.6. The standard InChI is InChI=1S/C4H4BrNS.BrH/c5-4-2-1-3-7-6-4;/h1-3,6H;1H. The number of hydrogen-bond donors (Lipinski definition) is 1. The zero-order valence-electron chi connectivity index (χ0n) is 3.93. The van der Waals surface area contributed by atoms with Crippen LogP contribution in [0.5, 0.6) is 0 Å². The summed E-state index contributed by atoms with van der Waals surface area (Å²) in [5.41, 5.74) is 0. The maximum atomic E-state index is 3.27. The molecule has 0 fully saturated rings. The molecule has 0 unspecified atom stereocenters. The van der Waals surface area contributed by atoms with Crippen molar-refractivity contribution >= 4 is 44.9 Å². The Labute approximate surface area is 71.6 Å². The van der Waals surface area contributed by atoms with Crippen molar-refractivity contribution in [3.05, 3.63) is 22.2 Å². The van der Waals surface area contributed by atoms with Crippen molar-refractivity contribution < 1.29 is 0 Å². The molecule has 1 rings (SSSR count). The van der Waals surface area contributed by atoms with Gasteiger partial charge in [-0.3, -0.25) is 0 Å². The summed E-state index contributed by atoms with van der Waals surface area (Å²) in [7, 11) is 0. The fourth-order valence-corrected chi connectivity index (χ4v) is 1.13. The number of halogens is 2. The van der Waals surface area contributed by atoms with Crippen LogP contribution in [0.15, 0.2) is 22.2 Å². The molecule has 1 nitrogen and oxygen atoms in total. The molecule has 4 heteroatoms. The molecule has 0 bridgehead atoms. The molecule has 0 radical (unpaired) electrons. The third-order valence-electron chi connectivity index (χ3n) is 0.546. The summed E-state index contributed by atoms with van der Waals surface area (Å²) in [6, 6.07) is 0. The van der Waals surface area contributed by atoms with Crippen molar-refractivity contribution in [1.82, 2.24) is 4.72 Å². The van der Waals surface area contributed by atoms with Crippen molar-refractivity contribution in [3.8, 4) is 0 Å². The minimum Gasteiger partial charge on any atom is -0.320 e. The van der Waals surface area contributed by atoms with Crippen LogP contribution in [0.3, 0.4) is 0 Å². The lowest BCUT2D eigenvalue weighted by molar-refractivity contribution is 1.39. The van der Waals surface area contributed by atoms with Gasteiger partial charge in [-0.15, -0.1) is 17.0 Å². The van der Waals surface area contributed by atoms with Crippen LogP contribution in [0.2, 0.25) is 0 Å². The Morgan fingerprint density at radius 3 is 2.62 bits per heavy atom. The zero-order chi connectivity index (χ0) is 5.11. The fraction of sp³-hybridized carbons (Fsp3) is 0. The molecular weight excluding hydrogens is 254 g/mol. The Morgan fingerprint density at radius 2 is 2.38 bits per heavy atom. The van der Waals surface area contributed by atoms with Gasteiger partial charge in [0.05, 0.1) is 4.61 Å². The summed E-state index contributed by atoms with van der Waals surface area (Å²) < 4.78 is 4.02. The lowest BCUT2D eigenvalue weighted by Gasteiger charge is -2.00. The predicted molar refractivity (Wildman–Crippen MR) is 47.2 cm³/mol. The highest BCUT2D eigenvalue weighted by Crippen LogP contribution is 2.11. The van der Waals surface area contributed by atoms with Gasteiger partial charge in [0.25, 0.3) is 0 Å². The molecule has 8 heavy (non-hydrogen) atoms. The number of allylic oxidation sites excluding steroid dienone is 2. The molecule has 0 saturated heterocycles. The SMILES string of the molecule is Br.BrC1=CC=CSN1. The smallest absolute Gasteiger partial charge is 0.0881 e. The first-order valence-electron chi connectivity index (χ1n) is 1.83. The van der Waals surface area contributed by atoms with E-state index < -0.39 is 0 Å². The number of rotatable bonds is 0. The second-order valence-corrected chi connectivity index (χ2v) is 2.63. The van der Waals surface area contributed by atoms with E-state index in [-0.39, 0.29) is 17.0 Å². The Hall–Kier alpha value is 0.590. The van der Waals surface area contributed by atoms with Gasteiger partial charge in [-0.05, 0) is 39.4 Å². The molecule has 1 heterocycles.